The van der Waals surface area contributed by atoms with Crippen LogP contribution in [0.4, 0.5) is 4.39 Å². The maximum Gasteiger partial charge on any atom is 0.336 e. The fraction of sp³-hybridized carbons (Fsp3) is 0.250. The zero-order valence-corrected chi connectivity index (χ0v) is 15.2. The van der Waals surface area contributed by atoms with Crippen LogP contribution < -0.4 is 16.6 Å². The lowest BCUT2D eigenvalue weighted by molar-refractivity contribution is -0.121. The highest BCUT2D eigenvalue weighted by Crippen LogP contribution is 2.13. The lowest BCUT2D eigenvalue weighted by atomic mass is 10.1. The van der Waals surface area contributed by atoms with Crippen LogP contribution >= 0.6 is 0 Å². The smallest absolute Gasteiger partial charge is 0.336 e. The summed E-state index contributed by atoms with van der Waals surface area (Å²) in [5.74, 6) is -0.784. The Bertz CT molecular complexity index is 1110. The minimum absolute atomic E-state index is 0.208. The Hall–Kier alpha value is -3.22. The van der Waals surface area contributed by atoms with Crippen molar-refractivity contribution in [3.05, 3.63) is 74.7 Å². The quantitative estimate of drug-likeness (QED) is 0.749. The molecule has 6 nitrogen and oxygen atoms in total. The van der Waals surface area contributed by atoms with E-state index in [9.17, 15) is 18.8 Å². The summed E-state index contributed by atoms with van der Waals surface area (Å²) in [6, 6.07) is 10.2. The SMILES string of the molecule is CCCNC(=O)Cn1c(=O)n(-c2ccc(F)cc2)c(=O)c2cc(C)ccc21. The number of hydrogen-bond donors (Lipinski definition) is 1. The van der Waals surface area contributed by atoms with Gasteiger partial charge in [-0.3, -0.25) is 14.2 Å². The second-order valence-corrected chi connectivity index (χ2v) is 6.36. The van der Waals surface area contributed by atoms with Crippen LogP contribution in [0.25, 0.3) is 16.6 Å². The van der Waals surface area contributed by atoms with E-state index < -0.39 is 17.1 Å². The number of aryl methyl sites for hydroxylation is 1. The van der Waals surface area contributed by atoms with Gasteiger partial charge in [-0.25, -0.2) is 13.8 Å². The lowest BCUT2D eigenvalue weighted by Crippen LogP contribution is -2.42. The zero-order valence-electron chi connectivity index (χ0n) is 15.2. The van der Waals surface area contributed by atoms with E-state index in [1.165, 1.54) is 28.8 Å². The minimum Gasteiger partial charge on any atom is -0.355 e. The molecule has 0 spiro atoms. The van der Waals surface area contributed by atoms with E-state index in [2.05, 4.69) is 5.32 Å². The number of benzene rings is 2. The van der Waals surface area contributed by atoms with Crippen LogP contribution in [0.5, 0.6) is 0 Å². The van der Waals surface area contributed by atoms with Crippen molar-refractivity contribution < 1.29 is 9.18 Å². The molecule has 2 aromatic carbocycles. The fourth-order valence-corrected chi connectivity index (χ4v) is 2.92. The first kappa shape index (κ1) is 18.6. The van der Waals surface area contributed by atoms with Gasteiger partial charge in [0, 0.05) is 6.54 Å². The molecule has 0 aliphatic carbocycles. The second kappa shape index (κ2) is 7.57. The number of nitrogens with one attached hydrogen (secondary N) is 1. The molecule has 0 aliphatic rings. The van der Waals surface area contributed by atoms with Gasteiger partial charge >= 0.3 is 5.69 Å². The molecule has 3 rings (SSSR count). The van der Waals surface area contributed by atoms with Crippen molar-refractivity contribution in [2.75, 3.05) is 6.54 Å². The Labute approximate surface area is 154 Å². The molecule has 0 atom stereocenters. The van der Waals surface area contributed by atoms with Crippen molar-refractivity contribution in [2.24, 2.45) is 0 Å². The highest BCUT2D eigenvalue weighted by atomic mass is 19.1. The van der Waals surface area contributed by atoms with Gasteiger partial charge in [0.15, 0.2) is 0 Å². The molecular weight excluding hydrogens is 349 g/mol. The Morgan fingerprint density at radius 1 is 1.11 bits per heavy atom. The van der Waals surface area contributed by atoms with Crippen molar-refractivity contribution in [1.82, 2.24) is 14.5 Å². The molecule has 0 saturated carbocycles. The fourth-order valence-electron chi connectivity index (χ4n) is 2.92. The van der Waals surface area contributed by atoms with Gasteiger partial charge in [0.05, 0.1) is 16.6 Å². The van der Waals surface area contributed by atoms with Crippen LogP contribution in [0.2, 0.25) is 0 Å². The predicted molar refractivity (Wildman–Crippen MR) is 102 cm³/mol. The summed E-state index contributed by atoms with van der Waals surface area (Å²) in [4.78, 5) is 38.2. The summed E-state index contributed by atoms with van der Waals surface area (Å²) in [7, 11) is 0. The highest BCUT2D eigenvalue weighted by molar-refractivity contribution is 5.82. The average molecular weight is 369 g/mol. The number of carbonyl (C=O) groups is 1. The Balaban J connectivity index is 2.27. The van der Waals surface area contributed by atoms with Gasteiger partial charge in [-0.1, -0.05) is 18.6 Å². The van der Waals surface area contributed by atoms with Crippen LogP contribution in [0.1, 0.15) is 18.9 Å². The van der Waals surface area contributed by atoms with E-state index in [1.807, 2.05) is 13.8 Å². The highest BCUT2D eigenvalue weighted by Gasteiger charge is 2.16. The number of rotatable bonds is 5. The van der Waals surface area contributed by atoms with Crippen molar-refractivity contribution >= 4 is 16.8 Å². The standard InChI is InChI=1S/C20H20FN3O3/c1-3-10-22-18(25)12-23-17-9-4-13(2)11-16(17)19(26)24(20(23)27)15-7-5-14(21)6-8-15/h4-9,11H,3,10,12H2,1-2H3,(H,22,25). The minimum atomic E-state index is -0.644. The number of nitrogens with zero attached hydrogens (tertiary/aromatic N) is 2. The number of aromatic nitrogens is 2. The van der Waals surface area contributed by atoms with E-state index in [1.54, 1.807) is 18.2 Å². The first-order valence-corrected chi connectivity index (χ1v) is 8.71. The largest absolute Gasteiger partial charge is 0.355 e. The zero-order chi connectivity index (χ0) is 19.6. The van der Waals surface area contributed by atoms with Crippen molar-refractivity contribution in [1.29, 1.82) is 0 Å². The molecule has 3 aromatic rings. The monoisotopic (exact) mass is 369 g/mol. The van der Waals surface area contributed by atoms with Gasteiger partial charge in [-0.05, 0) is 49.7 Å². The summed E-state index contributed by atoms with van der Waals surface area (Å²) >= 11 is 0. The van der Waals surface area contributed by atoms with Gasteiger partial charge < -0.3 is 5.32 Å². The Morgan fingerprint density at radius 3 is 2.48 bits per heavy atom. The van der Waals surface area contributed by atoms with Crippen LogP contribution in [0, 0.1) is 12.7 Å². The van der Waals surface area contributed by atoms with E-state index in [0.29, 0.717) is 17.4 Å². The number of hydrogen-bond acceptors (Lipinski definition) is 3. The molecule has 0 unspecified atom stereocenters. The summed E-state index contributed by atoms with van der Waals surface area (Å²) in [5.41, 5.74) is 0.342. The summed E-state index contributed by atoms with van der Waals surface area (Å²) in [6.45, 7) is 4.06. The van der Waals surface area contributed by atoms with Gasteiger partial charge in [0.25, 0.3) is 5.56 Å². The average Bonchev–Trinajstić information content (AvgIpc) is 2.65. The Morgan fingerprint density at radius 2 is 1.81 bits per heavy atom. The molecule has 0 saturated heterocycles. The van der Waals surface area contributed by atoms with Crippen LogP contribution in [0.15, 0.2) is 52.1 Å². The van der Waals surface area contributed by atoms with Crippen molar-refractivity contribution in [3.63, 3.8) is 0 Å². The number of halogens is 1. The third kappa shape index (κ3) is 3.67. The maximum atomic E-state index is 13.3. The molecule has 7 heteroatoms. The Kier molecular flexibility index (Phi) is 5.21. The molecule has 27 heavy (non-hydrogen) atoms. The summed E-state index contributed by atoms with van der Waals surface area (Å²) in [5, 5.41) is 3.05. The molecule has 0 fully saturated rings. The number of fused-ring (bicyclic) bond motifs is 1. The first-order valence-electron chi connectivity index (χ1n) is 8.71. The van der Waals surface area contributed by atoms with Gasteiger partial charge in [-0.2, -0.15) is 0 Å². The van der Waals surface area contributed by atoms with E-state index in [4.69, 9.17) is 0 Å². The first-order chi connectivity index (χ1) is 12.9. The number of carbonyl (C=O) groups excluding carboxylic acids is 1. The van der Waals surface area contributed by atoms with Gasteiger partial charge in [-0.15, -0.1) is 0 Å². The molecule has 140 valence electrons. The van der Waals surface area contributed by atoms with Crippen molar-refractivity contribution in [3.8, 4) is 5.69 Å². The maximum absolute atomic E-state index is 13.3. The number of amides is 1. The summed E-state index contributed by atoms with van der Waals surface area (Å²) < 4.78 is 15.5. The van der Waals surface area contributed by atoms with Crippen molar-refractivity contribution in [2.45, 2.75) is 26.8 Å². The lowest BCUT2D eigenvalue weighted by Gasteiger charge is -2.14. The molecule has 1 heterocycles. The molecular formula is C20H20FN3O3. The third-order valence-electron chi connectivity index (χ3n) is 4.26. The van der Waals surface area contributed by atoms with Crippen LogP contribution in [0.3, 0.4) is 0 Å². The normalized spacial score (nSPS) is 10.9. The van der Waals surface area contributed by atoms with Gasteiger partial charge in [0.2, 0.25) is 5.91 Å². The van der Waals surface area contributed by atoms with E-state index in [0.717, 1.165) is 16.6 Å². The molecule has 0 radical (unpaired) electrons. The van der Waals surface area contributed by atoms with E-state index in [-0.39, 0.29) is 18.1 Å². The molecule has 0 bridgehead atoms. The molecule has 1 amide bonds. The topological polar surface area (TPSA) is 73.1 Å². The van der Waals surface area contributed by atoms with Crippen LogP contribution in [-0.2, 0) is 11.3 Å². The predicted octanol–water partition coefficient (Wildman–Crippen LogP) is 2.13. The van der Waals surface area contributed by atoms with E-state index >= 15 is 0 Å². The second-order valence-electron chi connectivity index (χ2n) is 6.36. The van der Waals surface area contributed by atoms with Gasteiger partial charge in [0.1, 0.15) is 12.4 Å². The summed E-state index contributed by atoms with van der Waals surface area (Å²) in [6.07, 6.45) is 0.773. The molecule has 1 N–H and O–H groups in total. The van der Waals surface area contributed by atoms with Crippen LogP contribution in [-0.4, -0.2) is 21.6 Å². The molecule has 1 aromatic heterocycles. The third-order valence-corrected chi connectivity index (χ3v) is 4.26. The molecule has 0 aliphatic heterocycles.